The number of rotatable bonds is 4. The molecule has 0 atom stereocenters. The summed E-state index contributed by atoms with van der Waals surface area (Å²) >= 11 is 0. The highest BCUT2D eigenvalue weighted by atomic mass is 19.1. The van der Waals surface area contributed by atoms with E-state index in [1.807, 2.05) is 12.1 Å². The van der Waals surface area contributed by atoms with Crippen LogP contribution in [0.1, 0.15) is 18.1 Å². The number of halogens is 1. The molecule has 0 aliphatic carbocycles. The van der Waals surface area contributed by atoms with Crippen LogP contribution in [0, 0.1) is 5.82 Å². The third kappa shape index (κ3) is 3.06. The summed E-state index contributed by atoms with van der Waals surface area (Å²) < 4.78 is 19.3. The second kappa shape index (κ2) is 6.06. The minimum atomic E-state index is -0.575. The average molecular weight is 274 g/mol. The second-order valence-corrected chi connectivity index (χ2v) is 4.23. The van der Waals surface area contributed by atoms with Crippen molar-refractivity contribution in [3.8, 4) is 11.5 Å². The van der Waals surface area contributed by atoms with E-state index in [0.717, 1.165) is 12.5 Å². The van der Waals surface area contributed by atoms with Gasteiger partial charge in [0.1, 0.15) is 5.75 Å². The molecule has 0 amide bonds. The molecule has 0 fully saturated rings. The van der Waals surface area contributed by atoms with E-state index in [1.54, 1.807) is 12.1 Å². The maximum Gasteiger partial charge on any atom is 0.170 e. The van der Waals surface area contributed by atoms with Gasteiger partial charge in [0.2, 0.25) is 0 Å². The molecule has 2 aromatic rings. The molecule has 2 rings (SSSR count). The predicted octanol–water partition coefficient (Wildman–Crippen LogP) is 3.27. The summed E-state index contributed by atoms with van der Waals surface area (Å²) in [5.74, 6) is -0.0854. The van der Waals surface area contributed by atoms with Crippen LogP contribution in [-0.4, -0.2) is 11.0 Å². The van der Waals surface area contributed by atoms with E-state index in [0.29, 0.717) is 11.3 Å². The Hall–Kier alpha value is -2.56. The minimum absolute atomic E-state index is 0.0868. The summed E-state index contributed by atoms with van der Waals surface area (Å²) in [4.78, 5) is 0. The lowest BCUT2D eigenvalue weighted by atomic mass is 10.1. The molecular weight excluding hydrogens is 259 g/mol. The molecule has 3 N–H and O–H groups in total. The first-order chi connectivity index (χ1) is 9.63. The van der Waals surface area contributed by atoms with Crippen molar-refractivity contribution in [3.63, 3.8) is 0 Å². The largest absolute Gasteiger partial charge is 0.454 e. The Bertz CT molecular complexity index is 624. The first-order valence-electron chi connectivity index (χ1n) is 6.18. The number of hydrogen-bond donors (Lipinski definition) is 2. The van der Waals surface area contributed by atoms with Crippen molar-refractivity contribution >= 4 is 5.84 Å². The fourth-order valence-corrected chi connectivity index (χ4v) is 1.72. The second-order valence-electron chi connectivity index (χ2n) is 4.23. The molecule has 0 saturated heterocycles. The Morgan fingerprint density at radius 2 is 1.95 bits per heavy atom. The molecule has 0 saturated carbocycles. The van der Waals surface area contributed by atoms with Gasteiger partial charge in [0, 0.05) is 5.56 Å². The van der Waals surface area contributed by atoms with Crippen LogP contribution >= 0.6 is 0 Å². The van der Waals surface area contributed by atoms with Crippen LogP contribution in [0.2, 0.25) is 0 Å². The van der Waals surface area contributed by atoms with Crippen molar-refractivity contribution in [2.24, 2.45) is 10.9 Å². The maximum absolute atomic E-state index is 13.9. The van der Waals surface area contributed by atoms with Gasteiger partial charge >= 0.3 is 0 Å². The topological polar surface area (TPSA) is 67.8 Å². The van der Waals surface area contributed by atoms with Gasteiger partial charge in [0.15, 0.2) is 17.4 Å². The van der Waals surface area contributed by atoms with E-state index in [2.05, 4.69) is 12.1 Å². The van der Waals surface area contributed by atoms with Gasteiger partial charge < -0.3 is 15.7 Å². The van der Waals surface area contributed by atoms with Gasteiger partial charge in [0.25, 0.3) is 0 Å². The molecule has 0 bridgehead atoms. The zero-order chi connectivity index (χ0) is 14.5. The van der Waals surface area contributed by atoms with E-state index < -0.39 is 5.82 Å². The molecule has 0 spiro atoms. The quantitative estimate of drug-likeness (QED) is 0.389. The summed E-state index contributed by atoms with van der Waals surface area (Å²) in [6.45, 7) is 2.06. The lowest BCUT2D eigenvalue weighted by Gasteiger charge is -2.08. The predicted molar refractivity (Wildman–Crippen MR) is 74.8 cm³/mol. The lowest BCUT2D eigenvalue weighted by molar-refractivity contribution is 0.318. The standard InChI is InChI=1S/C15H15FN2O2/c1-2-10-3-6-12(7-4-10)20-14-8-5-11(9-13(14)16)15(17)18-19/h3-9,19H,2H2,1H3,(H2,17,18). The van der Waals surface area contributed by atoms with Crippen LogP contribution in [0.4, 0.5) is 4.39 Å². The third-order valence-corrected chi connectivity index (χ3v) is 2.89. The fraction of sp³-hybridized carbons (Fsp3) is 0.133. The van der Waals surface area contributed by atoms with Gasteiger partial charge in [-0.1, -0.05) is 24.2 Å². The zero-order valence-corrected chi connectivity index (χ0v) is 11.0. The van der Waals surface area contributed by atoms with E-state index >= 15 is 0 Å². The van der Waals surface area contributed by atoms with Crippen molar-refractivity contribution < 1.29 is 14.3 Å². The maximum atomic E-state index is 13.9. The number of nitrogens with two attached hydrogens (primary N) is 1. The highest BCUT2D eigenvalue weighted by Gasteiger charge is 2.08. The smallest absolute Gasteiger partial charge is 0.170 e. The first-order valence-corrected chi connectivity index (χ1v) is 6.18. The van der Waals surface area contributed by atoms with Crippen LogP contribution in [0.25, 0.3) is 0 Å². The Morgan fingerprint density at radius 1 is 1.25 bits per heavy atom. The number of hydrogen-bond acceptors (Lipinski definition) is 3. The summed E-state index contributed by atoms with van der Waals surface area (Å²) in [6.07, 6.45) is 0.934. The highest BCUT2D eigenvalue weighted by Crippen LogP contribution is 2.25. The van der Waals surface area contributed by atoms with Crippen molar-refractivity contribution in [2.45, 2.75) is 13.3 Å². The van der Waals surface area contributed by atoms with Crippen molar-refractivity contribution in [1.82, 2.24) is 0 Å². The van der Waals surface area contributed by atoms with E-state index in [-0.39, 0.29) is 11.6 Å². The molecule has 5 heteroatoms. The average Bonchev–Trinajstić information content (AvgIpc) is 2.49. The lowest BCUT2D eigenvalue weighted by Crippen LogP contribution is -2.13. The fourth-order valence-electron chi connectivity index (χ4n) is 1.72. The molecular formula is C15H15FN2O2. The summed E-state index contributed by atoms with van der Waals surface area (Å²) in [7, 11) is 0. The normalized spacial score (nSPS) is 11.4. The van der Waals surface area contributed by atoms with E-state index in [1.165, 1.54) is 17.7 Å². The zero-order valence-electron chi connectivity index (χ0n) is 11.0. The Balaban J connectivity index is 2.20. The highest BCUT2D eigenvalue weighted by molar-refractivity contribution is 5.97. The number of nitrogens with zero attached hydrogens (tertiary/aromatic N) is 1. The van der Waals surface area contributed by atoms with Crippen LogP contribution in [0.3, 0.4) is 0 Å². The van der Waals surface area contributed by atoms with Crippen molar-refractivity contribution in [2.75, 3.05) is 0 Å². The molecule has 104 valence electrons. The number of ether oxygens (including phenoxy) is 1. The van der Waals surface area contributed by atoms with Gasteiger partial charge in [-0.25, -0.2) is 4.39 Å². The van der Waals surface area contributed by atoms with Crippen LogP contribution in [0.5, 0.6) is 11.5 Å². The molecule has 20 heavy (non-hydrogen) atoms. The van der Waals surface area contributed by atoms with Gasteiger partial charge in [-0.3, -0.25) is 0 Å². The molecule has 0 aliphatic heterocycles. The molecule has 4 nitrogen and oxygen atoms in total. The summed E-state index contributed by atoms with van der Waals surface area (Å²) in [5.41, 5.74) is 6.86. The number of aryl methyl sites for hydroxylation is 1. The van der Waals surface area contributed by atoms with Gasteiger partial charge in [0.05, 0.1) is 0 Å². The Kier molecular flexibility index (Phi) is 4.20. The minimum Gasteiger partial charge on any atom is -0.454 e. The van der Waals surface area contributed by atoms with Crippen LogP contribution < -0.4 is 10.5 Å². The Morgan fingerprint density at radius 3 is 2.50 bits per heavy atom. The van der Waals surface area contributed by atoms with Crippen LogP contribution in [0.15, 0.2) is 47.6 Å². The number of benzene rings is 2. The number of oxime groups is 1. The van der Waals surface area contributed by atoms with E-state index in [9.17, 15) is 4.39 Å². The molecule has 0 unspecified atom stereocenters. The molecule has 0 aliphatic rings. The van der Waals surface area contributed by atoms with Gasteiger partial charge in [-0.15, -0.1) is 0 Å². The summed E-state index contributed by atoms with van der Waals surface area (Å²) in [5, 5.41) is 11.4. The monoisotopic (exact) mass is 274 g/mol. The third-order valence-electron chi connectivity index (χ3n) is 2.89. The molecule has 0 heterocycles. The molecule has 2 aromatic carbocycles. The van der Waals surface area contributed by atoms with Crippen molar-refractivity contribution in [1.29, 1.82) is 0 Å². The number of amidine groups is 1. The summed E-state index contributed by atoms with van der Waals surface area (Å²) in [6, 6.07) is 11.6. The first kappa shape index (κ1) is 13.9. The van der Waals surface area contributed by atoms with Crippen molar-refractivity contribution in [3.05, 3.63) is 59.4 Å². The van der Waals surface area contributed by atoms with E-state index in [4.69, 9.17) is 15.7 Å². The molecule has 0 radical (unpaired) electrons. The Labute approximate surface area is 116 Å². The van der Waals surface area contributed by atoms with Gasteiger partial charge in [-0.05, 0) is 42.3 Å². The van der Waals surface area contributed by atoms with Crippen LogP contribution in [-0.2, 0) is 6.42 Å². The van der Waals surface area contributed by atoms with Gasteiger partial charge in [-0.2, -0.15) is 0 Å². The SMILES string of the molecule is CCc1ccc(Oc2ccc(/C(N)=N/O)cc2F)cc1. The molecule has 0 aromatic heterocycles.